The number of hydrogen-bond acceptors (Lipinski definition) is 7. The van der Waals surface area contributed by atoms with E-state index in [0.29, 0.717) is 18.2 Å². The number of aromatic nitrogens is 4. The normalized spacial score (nSPS) is 15.5. The summed E-state index contributed by atoms with van der Waals surface area (Å²) in [5, 5.41) is 14.0. The van der Waals surface area contributed by atoms with Crippen LogP contribution >= 0.6 is 0 Å². The molecular weight excluding hydrogens is 440 g/mol. The molecule has 1 saturated heterocycles. The summed E-state index contributed by atoms with van der Waals surface area (Å²) < 4.78 is 14.0. The second kappa shape index (κ2) is 10.9. The van der Waals surface area contributed by atoms with Crippen LogP contribution in [0.5, 0.6) is 5.75 Å². The Balaban J connectivity index is 1.48. The first-order valence-electron chi connectivity index (χ1n) is 11.6. The van der Waals surface area contributed by atoms with Crippen LogP contribution in [0.3, 0.4) is 0 Å². The van der Waals surface area contributed by atoms with Gasteiger partial charge in [0, 0.05) is 20.0 Å². The highest BCUT2D eigenvalue weighted by molar-refractivity contribution is 5.74. The van der Waals surface area contributed by atoms with E-state index in [2.05, 4.69) is 15.3 Å². The number of benzene rings is 1. The van der Waals surface area contributed by atoms with E-state index in [-0.39, 0.29) is 24.3 Å². The molecule has 1 aliphatic heterocycles. The Labute approximate surface area is 196 Å². The lowest BCUT2D eigenvalue weighted by molar-refractivity contribution is -0.908. The number of nitrogens with zero attached hydrogens (tertiary/aromatic N) is 3. The van der Waals surface area contributed by atoms with Crippen LogP contribution in [0.25, 0.3) is 11.2 Å². The maximum atomic E-state index is 12.6. The van der Waals surface area contributed by atoms with Crippen LogP contribution in [0.15, 0.2) is 33.9 Å². The molecule has 184 valence electrons. The minimum atomic E-state index is -0.895. The van der Waals surface area contributed by atoms with Gasteiger partial charge in [-0.1, -0.05) is 17.7 Å². The van der Waals surface area contributed by atoms with Gasteiger partial charge in [-0.05, 0) is 19.1 Å². The van der Waals surface area contributed by atoms with Gasteiger partial charge in [0.15, 0.2) is 11.2 Å². The standard InChI is InChI=1S/C23H32N6O5/c1-16-4-6-18(7-5-16)34-15-17(30)14-29-19-20(27(2)23(32)26-21(19)31)25-22(29)24-8-3-9-28-10-12-33-13-11-28/h4-7,17,30H,3,8-15H2,1-2H3,(H,24,25)(H,26,31,32)/p+1/t17-/m0/s1. The zero-order valence-corrected chi connectivity index (χ0v) is 19.7. The van der Waals surface area contributed by atoms with Gasteiger partial charge in [-0.2, -0.15) is 4.98 Å². The molecular formula is C23H33N6O5+. The van der Waals surface area contributed by atoms with Crippen LogP contribution in [-0.4, -0.2) is 76.3 Å². The Bertz CT molecular complexity index is 1210. The number of quaternary nitrogens is 1. The van der Waals surface area contributed by atoms with Gasteiger partial charge in [-0.25, -0.2) is 4.79 Å². The maximum Gasteiger partial charge on any atom is 0.329 e. The third-order valence-electron chi connectivity index (χ3n) is 6.05. The van der Waals surface area contributed by atoms with E-state index < -0.39 is 17.4 Å². The van der Waals surface area contributed by atoms with Crippen LogP contribution in [-0.2, 0) is 18.3 Å². The molecule has 34 heavy (non-hydrogen) atoms. The second-order valence-corrected chi connectivity index (χ2v) is 8.71. The Morgan fingerprint density at radius 3 is 2.74 bits per heavy atom. The van der Waals surface area contributed by atoms with Gasteiger partial charge in [0.05, 0.1) is 26.3 Å². The highest BCUT2D eigenvalue weighted by Crippen LogP contribution is 2.17. The van der Waals surface area contributed by atoms with Gasteiger partial charge in [-0.3, -0.25) is 14.3 Å². The van der Waals surface area contributed by atoms with E-state index in [9.17, 15) is 14.7 Å². The number of nitrogens with one attached hydrogen (secondary N) is 3. The lowest BCUT2D eigenvalue weighted by Crippen LogP contribution is -3.14. The topological polar surface area (TPSA) is 128 Å². The van der Waals surface area contributed by atoms with Crippen molar-refractivity contribution in [2.45, 2.75) is 26.0 Å². The van der Waals surface area contributed by atoms with Crippen molar-refractivity contribution >= 4 is 17.1 Å². The van der Waals surface area contributed by atoms with Crippen molar-refractivity contribution in [2.24, 2.45) is 7.05 Å². The monoisotopic (exact) mass is 473 g/mol. The smallest absolute Gasteiger partial charge is 0.329 e. The number of aliphatic hydroxyl groups is 1. The van der Waals surface area contributed by atoms with Gasteiger partial charge >= 0.3 is 5.69 Å². The SMILES string of the molecule is Cc1ccc(OC[C@@H](O)Cn2c(NCCC[NH+]3CCOCC3)nc3c2c(=O)[nH]c(=O)n3C)cc1. The number of morpholine rings is 1. The number of aliphatic hydroxyl groups excluding tert-OH is 1. The van der Waals surface area contributed by atoms with Gasteiger partial charge in [0.2, 0.25) is 5.95 Å². The molecule has 0 radical (unpaired) electrons. The first kappa shape index (κ1) is 24.0. The lowest BCUT2D eigenvalue weighted by atomic mass is 10.2. The van der Waals surface area contributed by atoms with Crippen molar-refractivity contribution < 1.29 is 19.5 Å². The Kier molecular flexibility index (Phi) is 7.66. The van der Waals surface area contributed by atoms with E-state index in [1.54, 1.807) is 11.6 Å². The zero-order chi connectivity index (χ0) is 24.1. The summed E-state index contributed by atoms with van der Waals surface area (Å²) in [6, 6.07) is 7.56. The molecule has 0 unspecified atom stereocenters. The fourth-order valence-electron chi connectivity index (χ4n) is 4.09. The molecule has 1 atom stereocenters. The third-order valence-corrected chi connectivity index (χ3v) is 6.05. The average Bonchev–Trinajstić information content (AvgIpc) is 3.19. The number of hydrogen-bond donors (Lipinski definition) is 4. The molecule has 3 heterocycles. The lowest BCUT2D eigenvalue weighted by Gasteiger charge is -2.23. The van der Waals surface area contributed by atoms with Crippen molar-refractivity contribution in [3.63, 3.8) is 0 Å². The number of H-pyrrole nitrogens is 1. The van der Waals surface area contributed by atoms with E-state index >= 15 is 0 Å². The van der Waals surface area contributed by atoms with Gasteiger partial charge < -0.3 is 29.4 Å². The number of fused-ring (bicyclic) bond motifs is 1. The average molecular weight is 474 g/mol. The summed E-state index contributed by atoms with van der Waals surface area (Å²) in [6.45, 7) is 7.36. The van der Waals surface area contributed by atoms with Crippen LogP contribution in [0.2, 0.25) is 0 Å². The second-order valence-electron chi connectivity index (χ2n) is 8.71. The molecule has 3 aromatic rings. The minimum Gasteiger partial charge on any atom is -0.491 e. The quantitative estimate of drug-likeness (QED) is 0.275. The summed E-state index contributed by atoms with van der Waals surface area (Å²) in [5.74, 6) is 1.09. The summed E-state index contributed by atoms with van der Waals surface area (Å²) in [6.07, 6.45) is 0.0149. The molecule has 4 rings (SSSR count). The Hall–Kier alpha value is -3.15. The van der Waals surface area contributed by atoms with E-state index in [1.165, 1.54) is 9.47 Å². The first-order valence-corrected chi connectivity index (χ1v) is 11.6. The molecule has 0 amide bonds. The van der Waals surface area contributed by atoms with E-state index in [1.807, 2.05) is 31.2 Å². The highest BCUT2D eigenvalue weighted by atomic mass is 16.5. The molecule has 2 aromatic heterocycles. The molecule has 0 aliphatic carbocycles. The molecule has 11 nitrogen and oxygen atoms in total. The molecule has 4 N–H and O–H groups in total. The molecule has 0 bridgehead atoms. The van der Waals surface area contributed by atoms with Crippen LogP contribution in [0.4, 0.5) is 5.95 Å². The summed E-state index contributed by atoms with van der Waals surface area (Å²) in [5.41, 5.74) is 0.545. The summed E-state index contributed by atoms with van der Waals surface area (Å²) in [4.78, 5) is 33.0. The largest absolute Gasteiger partial charge is 0.491 e. The number of anilines is 1. The van der Waals surface area contributed by atoms with Crippen LogP contribution in [0.1, 0.15) is 12.0 Å². The molecule has 1 fully saturated rings. The number of imidazole rings is 1. The van der Waals surface area contributed by atoms with Gasteiger partial charge in [0.25, 0.3) is 5.56 Å². The third kappa shape index (κ3) is 5.66. The molecule has 1 aromatic carbocycles. The van der Waals surface area contributed by atoms with Crippen molar-refractivity contribution in [3.05, 3.63) is 50.7 Å². The Morgan fingerprint density at radius 2 is 2.00 bits per heavy atom. The van der Waals surface area contributed by atoms with Crippen molar-refractivity contribution in [1.82, 2.24) is 19.1 Å². The number of rotatable bonds is 10. The minimum absolute atomic E-state index is 0.0479. The number of aryl methyl sites for hydroxylation is 2. The van der Waals surface area contributed by atoms with E-state index in [0.717, 1.165) is 44.8 Å². The molecule has 1 aliphatic rings. The van der Waals surface area contributed by atoms with Crippen LogP contribution in [0, 0.1) is 6.92 Å². The fourth-order valence-corrected chi connectivity index (χ4v) is 4.09. The Morgan fingerprint density at radius 1 is 1.26 bits per heavy atom. The predicted octanol–water partition coefficient (Wildman–Crippen LogP) is -1.11. The molecule has 0 saturated carbocycles. The number of ether oxygens (including phenoxy) is 2. The van der Waals surface area contributed by atoms with Crippen LogP contribution < -0.4 is 26.2 Å². The molecule has 0 spiro atoms. The predicted molar refractivity (Wildman–Crippen MR) is 128 cm³/mol. The number of aromatic amines is 1. The maximum absolute atomic E-state index is 12.6. The molecule has 11 heteroatoms. The van der Waals surface area contributed by atoms with Gasteiger partial charge in [0.1, 0.15) is 31.5 Å². The van der Waals surface area contributed by atoms with Gasteiger partial charge in [-0.15, -0.1) is 0 Å². The van der Waals surface area contributed by atoms with Crippen molar-refractivity contribution in [1.29, 1.82) is 0 Å². The van der Waals surface area contributed by atoms with Crippen molar-refractivity contribution in [3.8, 4) is 5.75 Å². The zero-order valence-electron chi connectivity index (χ0n) is 19.7. The van der Waals surface area contributed by atoms with E-state index in [4.69, 9.17) is 9.47 Å². The highest BCUT2D eigenvalue weighted by Gasteiger charge is 2.20. The summed E-state index contributed by atoms with van der Waals surface area (Å²) in [7, 11) is 1.56. The summed E-state index contributed by atoms with van der Waals surface area (Å²) >= 11 is 0. The first-order chi connectivity index (χ1) is 16.4. The van der Waals surface area contributed by atoms with Crippen molar-refractivity contribution in [2.75, 3.05) is 51.3 Å². The fraction of sp³-hybridized carbons (Fsp3) is 0.522.